The van der Waals surface area contributed by atoms with E-state index < -0.39 is 0 Å². The number of methoxy groups -OCH3 is 1. The van der Waals surface area contributed by atoms with E-state index in [1.165, 1.54) is 19.3 Å². The number of benzene rings is 1. The second-order valence-electron chi connectivity index (χ2n) is 6.11. The third kappa shape index (κ3) is 4.02. The van der Waals surface area contributed by atoms with Gasteiger partial charge in [0, 0.05) is 30.4 Å². The van der Waals surface area contributed by atoms with Gasteiger partial charge in [0.2, 0.25) is 5.88 Å². The van der Waals surface area contributed by atoms with Crippen molar-refractivity contribution < 1.29 is 9.47 Å². The van der Waals surface area contributed by atoms with Crippen LogP contribution in [0, 0.1) is 5.92 Å². The van der Waals surface area contributed by atoms with Crippen LogP contribution in [0.2, 0.25) is 0 Å². The largest absolute Gasteiger partial charge is 0.497 e. The van der Waals surface area contributed by atoms with E-state index >= 15 is 0 Å². The third-order valence-corrected chi connectivity index (χ3v) is 4.58. The van der Waals surface area contributed by atoms with Crippen LogP contribution < -0.4 is 14.8 Å². The Morgan fingerprint density at radius 2 is 2.04 bits per heavy atom. The zero-order valence-electron chi connectivity index (χ0n) is 13.8. The fraction of sp³-hybridized carbons (Fsp3) is 0.421. The Morgan fingerprint density at radius 3 is 2.78 bits per heavy atom. The van der Waals surface area contributed by atoms with Gasteiger partial charge in [0.15, 0.2) is 0 Å². The van der Waals surface area contributed by atoms with Gasteiger partial charge in [-0.15, -0.1) is 0 Å². The van der Waals surface area contributed by atoms with Gasteiger partial charge in [-0.1, -0.05) is 18.6 Å². The molecule has 1 aliphatic carbocycles. The van der Waals surface area contributed by atoms with E-state index in [4.69, 9.17) is 9.47 Å². The van der Waals surface area contributed by atoms with Gasteiger partial charge in [-0.05, 0) is 43.9 Å². The molecule has 1 heterocycles. The normalized spacial score (nSPS) is 15.7. The zero-order chi connectivity index (χ0) is 16.1. The smallest absolute Gasteiger partial charge is 0.223 e. The molecule has 23 heavy (non-hydrogen) atoms. The van der Waals surface area contributed by atoms with Gasteiger partial charge in [0.1, 0.15) is 11.5 Å². The van der Waals surface area contributed by atoms with Crippen LogP contribution >= 0.6 is 0 Å². The maximum absolute atomic E-state index is 5.95. The molecule has 0 spiro atoms. The number of pyridine rings is 1. The van der Waals surface area contributed by atoms with Gasteiger partial charge >= 0.3 is 0 Å². The lowest BCUT2D eigenvalue weighted by atomic mass is 9.80. The number of hydrogen-bond donors (Lipinski definition) is 1. The number of ether oxygens (including phenoxy) is 2. The van der Waals surface area contributed by atoms with E-state index in [9.17, 15) is 0 Å². The molecule has 1 fully saturated rings. The lowest BCUT2D eigenvalue weighted by Crippen LogP contribution is -2.36. The van der Waals surface area contributed by atoms with Crippen LogP contribution in [-0.2, 0) is 6.54 Å². The molecule has 4 nitrogen and oxygen atoms in total. The molecule has 1 saturated carbocycles. The minimum Gasteiger partial charge on any atom is -0.497 e. The maximum atomic E-state index is 5.95. The Balaban J connectivity index is 1.67. The van der Waals surface area contributed by atoms with Crippen molar-refractivity contribution in [3.63, 3.8) is 0 Å². The van der Waals surface area contributed by atoms with Gasteiger partial charge in [-0.25, -0.2) is 4.98 Å². The van der Waals surface area contributed by atoms with E-state index in [1.54, 1.807) is 13.3 Å². The number of rotatable bonds is 7. The van der Waals surface area contributed by atoms with Gasteiger partial charge in [0.25, 0.3) is 0 Å². The molecule has 0 bridgehead atoms. The molecule has 3 rings (SSSR count). The standard InChI is InChI=1S/C19H24N2O2/c1-14(15-6-3-7-15)21-13-16-8-5-11-20-19(16)23-18-10-4-9-17(12-18)22-2/h4-5,8-12,14-15,21H,3,6-7,13H2,1-2H3. The minimum atomic E-state index is 0.536. The SMILES string of the molecule is COc1cccc(Oc2ncccc2CNC(C)C2CCC2)c1. The van der Waals surface area contributed by atoms with E-state index in [1.807, 2.05) is 30.3 Å². The summed E-state index contributed by atoms with van der Waals surface area (Å²) in [6.07, 6.45) is 5.81. The summed E-state index contributed by atoms with van der Waals surface area (Å²) in [5.74, 6) is 2.97. The van der Waals surface area contributed by atoms with Gasteiger partial charge in [0.05, 0.1) is 7.11 Å². The fourth-order valence-corrected chi connectivity index (χ4v) is 2.80. The summed E-state index contributed by atoms with van der Waals surface area (Å²) in [6.45, 7) is 3.04. The highest BCUT2D eigenvalue weighted by atomic mass is 16.5. The van der Waals surface area contributed by atoms with Crippen LogP contribution in [0.4, 0.5) is 0 Å². The molecule has 2 aromatic rings. The van der Waals surface area contributed by atoms with Crippen molar-refractivity contribution in [2.75, 3.05) is 7.11 Å². The molecule has 0 saturated heterocycles. The molecule has 1 atom stereocenters. The quantitative estimate of drug-likeness (QED) is 0.833. The molecule has 122 valence electrons. The first kappa shape index (κ1) is 15.8. The number of aromatic nitrogens is 1. The number of nitrogens with zero attached hydrogens (tertiary/aromatic N) is 1. The number of nitrogens with one attached hydrogen (secondary N) is 1. The first-order valence-electron chi connectivity index (χ1n) is 8.25. The summed E-state index contributed by atoms with van der Waals surface area (Å²) < 4.78 is 11.2. The monoisotopic (exact) mass is 312 g/mol. The molecule has 1 N–H and O–H groups in total. The molecule has 1 aliphatic rings. The minimum absolute atomic E-state index is 0.536. The van der Waals surface area contributed by atoms with Crippen molar-refractivity contribution in [1.29, 1.82) is 0 Å². The van der Waals surface area contributed by atoms with Crippen molar-refractivity contribution in [3.05, 3.63) is 48.2 Å². The van der Waals surface area contributed by atoms with E-state index in [0.717, 1.165) is 29.5 Å². The molecule has 1 aromatic heterocycles. The third-order valence-electron chi connectivity index (χ3n) is 4.58. The van der Waals surface area contributed by atoms with Crippen molar-refractivity contribution in [1.82, 2.24) is 10.3 Å². The molecule has 1 aromatic carbocycles. The Labute approximate surface area is 137 Å². The second kappa shape index (κ2) is 7.47. The Bertz CT molecular complexity index is 641. The van der Waals surface area contributed by atoms with Gasteiger partial charge in [-0.3, -0.25) is 0 Å². The summed E-state index contributed by atoms with van der Waals surface area (Å²) in [5.41, 5.74) is 1.07. The Kier molecular flexibility index (Phi) is 5.13. The Hall–Kier alpha value is -2.07. The van der Waals surface area contributed by atoms with Crippen molar-refractivity contribution in [2.24, 2.45) is 5.92 Å². The maximum Gasteiger partial charge on any atom is 0.223 e. The predicted octanol–water partition coefficient (Wildman–Crippen LogP) is 4.16. The molecule has 0 amide bonds. The molecule has 1 unspecified atom stereocenters. The predicted molar refractivity (Wildman–Crippen MR) is 90.9 cm³/mol. The first-order valence-corrected chi connectivity index (χ1v) is 8.25. The lowest BCUT2D eigenvalue weighted by Gasteiger charge is -2.32. The van der Waals surface area contributed by atoms with Gasteiger partial charge < -0.3 is 14.8 Å². The highest BCUT2D eigenvalue weighted by Gasteiger charge is 2.23. The van der Waals surface area contributed by atoms with Crippen LogP contribution in [0.5, 0.6) is 17.4 Å². The van der Waals surface area contributed by atoms with Crippen LogP contribution in [-0.4, -0.2) is 18.1 Å². The van der Waals surface area contributed by atoms with Crippen LogP contribution in [0.1, 0.15) is 31.7 Å². The van der Waals surface area contributed by atoms with Crippen molar-refractivity contribution in [2.45, 2.75) is 38.8 Å². The highest BCUT2D eigenvalue weighted by molar-refractivity contribution is 5.37. The van der Waals surface area contributed by atoms with Crippen LogP contribution in [0.3, 0.4) is 0 Å². The van der Waals surface area contributed by atoms with Gasteiger partial charge in [-0.2, -0.15) is 0 Å². The van der Waals surface area contributed by atoms with Crippen LogP contribution in [0.15, 0.2) is 42.6 Å². The average Bonchev–Trinajstić information content (AvgIpc) is 2.52. The van der Waals surface area contributed by atoms with E-state index in [2.05, 4.69) is 23.3 Å². The number of hydrogen-bond acceptors (Lipinski definition) is 4. The summed E-state index contributed by atoms with van der Waals surface area (Å²) >= 11 is 0. The average molecular weight is 312 g/mol. The van der Waals surface area contributed by atoms with Crippen LogP contribution in [0.25, 0.3) is 0 Å². The summed E-state index contributed by atoms with van der Waals surface area (Å²) in [5, 5.41) is 3.60. The highest BCUT2D eigenvalue weighted by Crippen LogP contribution is 2.30. The first-order chi connectivity index (χ1) is 11.3. The van der Waals surface area contributed by atoms with E-state index in [0.29, 0.717) is 11.9 Å². The summed E-state index contributed by atoms with van der Waals surface area (Å²) in [6, 6.07) is 12.1. The zero-order valence-corrected chi connectivity index (χ0v) is 13.8. The molecular formula is C19H24N2O2. The molecular weight excluding hydrogens is 288 g/mol. The lowest BCUT2D eigenvalue weighted by molar-refractivity contribution is 0.239. The molecule has 0 radical (unpaired) electrons. The van der Waals surface area contributed by atoms with E-state index in [-0.39, 0.29) is 0 Å². The van der Waals surface area contributed by atoms with Crippen molar-refractivity contribution in [3.8, 4) is 17.4 Å². The molecule has 0 aliphatic heterocycles. The Morgan fingerprint density at radius 1 is 1.22 bits per heavy atom. The topological polar surface area (TPSA) is 43.4 Å². The summed E-state index contributed by atoms with van der Waals surface area (Å²) in [7, 11) is 1.65. The van der Waals surface area contributed by atoms with Crippen molar-refractivity contribution >= 4 is 0 Å². The summed E-state index contributed by atoms with van der Waals surface area (Å²) in [4.78, 5) is 4.38. The second-order valence-corrected chi connectivity index (χ2v) is 6.11. The fourth-order valence-electron chi connectivity index (χ4n) is 2.80. The molecule has 4 heteroatoms.